The fraction of sp³-hybridized carbons (Fsp3) is 0.412. The molecule has 1 heterocycles. The molecule has 6 heteroatoms. The standard InChI is InChI=1S/C17H23N3O2S/c1-13-5-6-14(2)15(11-13)20-9-8-19-17(20)23-12-16(21)18-7-4-10-22-3/h5-6,8-9,11H,4,7,10,12H2,1-3H3,(H,18,21). The van der Waals surface area contributed by atoms with Gasteiger partial charge in [0, 0.05) is 32.7 Å². The zero-order valence-electron chi connectivity index (χ0n) is 13.8. The van der Waals surface area contributed by atoms with Gasteiger partial charge in [0.25, 0.3) is 0 Å². The number of hydrogen-bond acceptors (Lipinski definition) is 4. The van der Waals surface area contributed by atoms with Crippen LogP contribution >= 0.6 is 11.8 Å². The minimum absolute atomic E-state index is 0.0154. The monoisotopic (exact) mass is 333 g/mol. The normalized spacial score (nSPS) is 10.7. The van der Waals surface area contributed by atoms with Crippen molar-refractivity contribution in [2.45, 2.75) is 25.4 Å². The van der Waals surface area contributed by atoms with E-state index in [2.05, 4.69) is 42.3 Å². The number of nitrogens with one attached hydrogen (secondary N) is 1. The molecule has 0 aliphatic carbocycles. The van der Waals surface area contributed by atoms with Crippen molar-refractivity contribution in [3.05, 3.63) is 41.7 Å². The van der Waals surface area contributed by atoms with Crippen LogP contribution in [0.15, 0.2) is 35.7 Å². The summed E-state index contributed by atoms with van der Waals surface area (Å²) in [6, 6.07) is 6.32. The highest BCUT2D eigenvalue weighted by Crippen LogP contribution is 2.23. The number of benzene rings is 1. The highest BCUT2D eigenvalue weighted by molar-refractivity contribution is 7.99. The molecular formula is C17H23N3O2S. The molecule has 2 aromatic rings. The van der Waals surface area contributed by atoms with Crippen molar-refractivity contribution in [1.29, 1.82) is 0 Å². The Balaban J connectivity index is 1.96. The van der Waals surface area contributed by atoms with Crippen LogP contribution in [0.3, 0.4) is 0 Å². The van der Waals surface area contributed by atoms with Crippen molar-refractivity contribution in [2.24, 2.45) is 0 Å². The summed E-state index contributed by atoms with van der Waals surface area (Å²) in [4.78, 5) is 16.2. The molecule has 124 valence electrons. The molecule has 1 aromatic carbocycles. The lowest BCUT2D eigenvalue weighted by atomic mass is 10.1. The molecule has 2 rings (SSSR count). The Morgan fingerprint density at radius 3 is 3.00 bits per heavy atom. The zero-order valence-corrected chi connectivity index (χ0v) is 14.7. The molecule has 0 atom stereocenters. The van der Waals surface area contributed by atoms with Crippen molar-refractivity contribution >= 4 is 17.7 Å². The quantitative estimate of drug-likeness (QED) is 0.596. The zero-order chi connectivity index (χ0) is 16.7. The number of nitrogens with zero attached hydrogens (tertiary/aromatic N) is 2. The SMILES string of the molecule is COCCCNC(=O)CSc1nccn1-c1cc(C)ccc1C. The van der Waals surface area contributed by atoms with Crippen LogP contribution in [0.25, 0.3) is 5.69 Å². The first-order valence-corrected chi connectivity index (χ1v) is 8.60. The first kappa shape index (κ1) is 17.6. The summed E-state index contributed by atoms with van der Waals surface area (Å²) in [7, 11) is 1.66. The Bertz CT molecular complexity index is 655. The predicted molar refractivity (Wildman–Crippen MR) is 93.3 cm³/mol. The summed E-state index contributed by atoms with van der Waals surface area (Å²) in [5.74, 6) is 0.371. The molecule has 1 aromatic heterocycles. The van der Waals surface area contributed by atoms with E-state index < -0.39 is 0 Å². The van der Waals surface area contributed by atoms with Gasteiger partial charge in [0.05, 0.1) is 11.4 Å². The first-order valence-electron chi connectivity index (χ1n) is 7.61. The third-order valence-corrected chi connectivity index (χ3v) is 4.38. The van der Waals surface area contributed by atoms with Crippen molar-refractivity contribution in [2.75, 3.05) is 26.0 Å². The summed E-state index contributed by atoms with van der Waals surface area (Å²) in [5, 5.41) is 3.71. The Hall–Kier alpha value is -1.79. The molecule has 0 aliphatic heterocycles. The molecule has 0 saturated carbocycles. The van der Waals surface area contributed by atoms with E-state index in [0.717, 1.165) is 17.3 Å². The maximum Gasteiger partial charge on any atom is 0.230 e. The van der Waals surface area contributed by atoms with E-state index in [1.807, 2.05) is 10.8 Å². The Kier molecular flexibility index (Phi) is 6.67. The number of aromatic nitrogens is 2. The number of hydrogen-bond donors (Lipinski definition) is 1. The summed E-state index contributed by atoms with van der Waals surface area (Å²) >= 11 is 1.44. The molecule has 0 spiro atoms. The van der Waals surface area contributed by atoms with Gasteiger partial charge in [0.15, 0.2) is 5.16 Å². The Labute approximate surface area is 141 Å². The van der Waals surface area contributed by atoms with E-state index in [-0.39, 0.29) is 5.91 Å². The second kappa shape index (κ2) is 8.74. The van der Waals surface area contributed by atoms with Gasteiger partial charge >= 0.3 is 0 Å². The first-order chi connectivity index (χ1) is 11.1. The minimum atomic E-state index is 0.0154. The molecule has 0 aliphatic rings. The van der Waals surface area contributed by atoms with Gasteiger partial charge in [-0.15, -0.1) is 0 Å². The maximum absolute atomic E-state index is 11.9. The number of thioether (sulfide) groups is 1. The number of rotatable bonds is 8. The maximum atomic E-state index is 11.9. The lowest BCUT2D eigenvalue weighted by molar-refractivity contribution is -0.118. The van der Waals surface area contributed by atoms with E-state index in [4.69, 9.17) is 4.74 Å². The summed E-state index contributed by atoms with van der Waals surface area (Å²) in [5.41, 5.74) is 3.48. The van der Waals surface area contributed by atoms with Gasteiger partial charge in [-0.3, -0.25) is 9.36 Å². The molecular weight excluding hydrogens is 310 g/mol. The molecule has 0 saturated heterocycles. The van der Waals surface area contributed by atoms with Gasteiger partial charge in [0.2, 0.25) is 5.91 Å². The van der Waals surface area contributed by atoms with Gasteiger partial charge < -0.3 is 10.1 Å². The van der Waals surface area contributed by atoms with Crippen LogP contribution < -0.4 is 5.32 Å². The number of carbonyl (C=O) groups is 1. The summed E-state index contributed by atoms with van der Waals surface area (Å²) in [6.07, 6.45) is 4.52. The van der Waals surface area contributed by atoms with Crippen LogP contribution in [0.4, 0.5) is 0 Å². The van der Waals surface area contributed by atoms with Crippen molar-refractivity contribution in [3.8, 4) is 5.69 Å². The second-order valence-electron chi connectivity index (χ2n) is 5.35. The lowest BCUT2D eigenvalue weighted by Gasteiger charge is -2.11. The average molecular weight is 333 g/mol. The highest BCUT2D eigenvalue weighted by Gasteiger charge is 2.10. The van der Waals surface area contributed by atoms with Crippen LogP contribution in [0.2, 0.25) is 0 Å². The number of ether oxygens (including phenoxy) is 1. The number of methoxy groups -OCH3 is 1. The predicted octanol–water partition coefficient (Wildman–Crippen LogP) is 2.73. The van der Waals surface area contributed by atoms with Crippen molar-refractivity contribution < 1.29 is 9.53 Å². The van der Waals surface area contributed by atoms with E-state index in [1.54, 1.807) is 13.3 Å². The molecule has 0 bridgehead atoms. The van der Waals surface area contributed by atoms with Crippen molar-refractivity contribution in [3.63, 3.8) is 0 Å². The van der Waals surface area contributed by atoms with E-state index >= 15 is 0 Å². The minimum Gasteiger partial charge on any atom is -0.385 e. The molecule has 0 radical (unpaired) electrons. The third kappa shape index (κ3) is 5.11. The number of imidazole rings is 1. The smallest absolute Gasteiger partial charge is 0.230 e. The highest BCUT2D eigenvalue weighted by atomic mass is 32.2. The molecule has 0 fully saturated rings. The van der Waals surface area contributed by atoms with Crippen LogP contribution in [-0.4, -0.2) is 41.5 Å². The molecule has 0 unspecified atom stereocenters. The number of carbonyl (C=O) groups excluding carboxylic acids is 1. The molecule has 1 amide bonds. The summed E-state index contributed by atoms with van der Waals surface area (Å²) < 4.78 is 6.99. The Morgan fingerprint density at radius 1 is 1.39 bits per heavy atom. The second-order valence-corrected chi connectivity index (χ2v) is 6.30. The van der Waals surface area contributed by atoms with Crippen LogP contribution in [0.5, 0.6) is 0 Å². The van der Waals surface area contributed by atoms with Gasteiger partial charge in [-0.25, -0.2) is 4.98 Å². The third-order valence-electron chi connectivity index (χ3n) is 3.41. The fourth-order valence-corrected chi connectivity index (χ4v) is 2.98. The van der Waals surface area contributed by atoms with E-state index in [1.165, 1.54) is 22.9 Å². The van der Waals surface area contributed by atoms with Gasteiger partial charge in [-0.1, -0.05) is 23.9 Å². The van der Waals surface area contributed by atoms with Crippen LogP contribution in [-0.2, 0) is 9.53 Å². The molecule has 1 N–H and O–H groups in total. The topological polar surface area (TPSA) is 56.1 Å². The van der Waals surface area contributed by atoms with Crippen molar-refractivity contribution in [1.82, 2.24) is 14.9 Å². The van der Waals surface area contributed by atoms with Gasteiger partial charge in [0.1, 0.15) is 0 Å². The van der Waals surface area contributed by atoms with E-state index in [0.29, 0.717) is 18.9 Å². The molecule has 23 heavy (non-hydrogen) atoms. The number of aryl methyl sites for hydroxylation is 2. The number of amides is 1. The lowest BCUT2D eigenvalue weighted by Crippen LogP contribution is -2.26. The van der Waals surface area contributed by atoms with Gasteiger partial charge in [-0.2, -0.15) is 0 Å². The fourth-order valence-electron chi connectivity index (χ4n) is 2.18. The molecule has 5 nitrogen and oxygen atoms in total. The summed E-state index contributed by atoms with van der Waals surface area (Å²) in [6.45, 7) is 5.44. The van der Waals surface area contributed by atoms with E-state index in [9.17, 15) is 4.79 Å². The van der Waals surface area contributed by atoms with Gasteiger partial charge in [-0.05, 0) is 37.5 Å². The largest absolute Gasteiger partial charge is 0.385 e. The van der Waals surface area contributed by atoms with Crippen LogP contribution in [0.1, 0.15) is 17.5 Å². The average Bonchev–Trinajstić information content (AvgIpc) is 3.00. The Morgan fingerprint density at radius 2 is 2.22 bits per heavy atom. The van der Waals surface area contributed by atoms with Crippen LogP contribution in [0, 0.1) is 13.8 Å².